The molecule has 2 rings (SSSR count). The van der Waals surface area contributed by atoms with Crippen LogP contribution in [0.3, 0.4) is 0 Å². The zero-order chi connectivity index (χ0) is 16.7. The Morgan fingerprint density at radius 1 is 1.35 bits per heavy atom. The van der Waals surface area contributed by atoms with Crippen LogP contribution in [0.4, 0.5) is 10.5 Å². The third kappa shape index (κ3) is 4.46. The van der Waals surface area contributed by atoms with Crippen LogP contribution in [-0.4, -0.2) is 54.0 Å². The van der Waals surface area contributed by atoms with Crippen LogP contribution >= 0.6 is 0 Å². The van der Waals surface area contributed by atoms with Gasteiger partial charge in [-0.1, -0.05) is 13.0 Å². The molecule has 0 bridgehead atoms. The summed E-state index contributed by atoms with van der Waals surface area (Å²) < 4.78 is 7.18. The molecule has 1 heterocycles. The first-order valence-electron chi connectivity index (χ1n) is 7.94. The Hall–Kier alpha value is -2.05. The first-order chi connectivity index (χ1) is 11.2. The number of anilines is 1. The number of hydrogen-bond donors (Lipinski definition) is 2. The minimum atomic E-state index is -0.232. The van der Waals surface area contributed by atoms with Gasteiger partial charge in [-0.05, 0) is 30.0 Å². The molecule has 0 radical (unpaired) electrons. The number of aryl methyl sites for hydroxylation is 1. The van der Waals surface area contributed by atoms with Crippen LogP contribution in [0.2, 0.25) is 0 Å². The molecule has 1 aromatic heterocycles. The van der Waals surface area contributed by atoms with Gasteiger partial charge in [0.05, 0.1) is 18.7 Å². The number of urea groups is 1. The lowest BCUT2D eigenvalue weighted by Gasteiger charge is -2.21. The van der Waals surface area contributed by atoms with Gasteiger partial charge in [0.25, 0.3) is 0 Å². The predicted octanol–water partition coefficient (Wildman–Crippen LogP) is 2.52. The van der Waals surface area contributed by atoms with Crippen LogP contribution in [0.1, 0.15) is 13.3 Å². The molecular weight excluding hydrogens is 294 g/mol. The van der Waals surface area contributed by atoms with E-state index >= 15 is 0 Å². The van der Waals surface area contributed by atoms with Crippen molar-refractivity contribution in [3.8, 4) is 0 Å². The van der Waals surface area contributed by atoms with Gasteiger partial charge in [-0.3, -0.25) is 0 Å². The maximum atomic E-state index is 12.3. The molecule has 1 aromatic carbocycles. The smallest absolute Gasteiger partial charge is 0.322 e. The number of aliphatic hydroxyl groups is 1. The molecule has 0 saturated heterocycles. The van der Waals surface area contributed by atoms with Crippen molar-refractivity contribution in [2.24, 2.45) is 0 Å². The molecule has 0 fully saturated rings. The topological polar surface area (TPSA) is 66.7 Å². The third-order valence-electron chi connectivity index (χ3n) is 3.71. The highest BCUT2D eigenvalue weighted by atomic mass is 16.5. The second kappa shape index (κ2) is 8.55. The minimum Gasteiger partial charge on any atom is -0.395 e. The number of nitrogens with zero attached hydrogens (tertiary/aromatic N) is 2. The van der Waals surface area contributed by atoms with Crippen molar-refractivity contribution in [2.75, 3.05) is 38.7 Å². The SMILES string of the molecule is CCCn1ccc2ccc(NC(=O)N(CCO)CCOC)cc21. The van der Waals surface area contributed by atoms with Gasteiger partial charge in [0.15, 0.2) is 0 Å². The van der Waals surface area contributed by atoms with E-state index in [1.807, 2.05) is 18.2 Å². The van der Waals surface area contributed by atoms with Gasteiger partial charge >= 0.3 is 6.03 Å². The summed E-state index contributed by atoms with van der Waals surface area (Å²) in [6.07, 6.45) is 3.12. The molecule has 2 N–H and O–H groups in total. The summed E-state index contributed by atoms with van der Waals surface area (Å²) in [5.74, 6) is 0. The number of ether oxygens (including phenoxy) is 1. The molecule has 0 aliphatic heterocycles. The van der Waals surface area contributed by atoms with Crippen LogP contribution < -0.4 is 5.32 Å². The number of aliphatic hydroxyl groups excluding tert-OH is 1. The van der Waals surface area contributed by atoms with Crippen molar-refractivity contribution in [3.05, 3.63) is 30.5 Å². The molecule has 0 atom stereocenters. The minimum absolute atomic E-state index is 0.0739. The second-order valence-corrected chi connectivity index (χ2v) is 5.42. The zero-order valence-electron chi connectivity index (χ0n) is 13.8. The summed E-state index contributed by atoms with van der Waals surface area (Å²) in [5.41, 5.74) is 1.86. The fourth-order valence-corrected chi connectivity index (χ4v) is 2.54. The molecule has 2 aromatic rings. The van der Waals surface area contributed by atoms with Crippen molar-refractivity contribution in [2.45, 2.75) is 19.9 Å². The normalized spacial score (nSPS) is 10.9. The number of carbonyl (C=O) groups excluding carboxylic acids is 1. The lowest BCUT2D eigenvalue weighted by molar-refractivity contribution is 0.142. The average Bonchev–Trinajstić information content (AvgIpc) is 2.94. The van der Waals surface area contributed by atoms with Crippen LogP contribution in [0.5, 0.6) is 0 Å². The van der Waals surface area contributed by atoms with Gasteiger partial charge in [-0.15, -0.1) is 0 Å². The average molecular weight is 319 g/mol. The molecule has 0 aliphatic rings. The number of rotatable bonds is 8. The summed E-state index contributed by atoms with van der Waals surface area (Å²) in [6, 6.07) is 7.72. The van der Waals surface area contributed by atoms with Crippen LogP contribution in [0.15, 0.2) is 30.5 Å². The molecule has 126 valence electrons. The lowest BCUT2D eigenvalue weighted by atomic mass is 10.2. The molecule has 6 heteroatoms. The van der Waals surface area contributed by atoms with Crippen LogP contribution in [0, 0.1) is 0 Å². The number of nitrogens with one attached hydrogen (secondary N) is 1. The number of carbonyl (C=O) groups is 1. The second-order valence-electron chi connectivity index (χ2n) is 5.42. The molecule has 0 saturated carbocycles. The van der Waals surface area contributed by atoms with Crippen molar-refractivity contribution >= 4 is 22.6 Å². The van der Waals surface area contributed by atoms with Gasteiger partial charge in [0, 0.05) is 38.6 Å². The van der Waals surface area contributed by atoms with E-state index < -0.39 is 0 Å². The first kappa shape index (κ1) is 17.3. The standard InChI is InChI=1S/C17H25N3O3/c1-3-7-19-8-6-14-4-5-15(13-16(14)19)18-17(22)20(9-11-21)10-12-23-2/h4-6,8,13,21H,3,7,9-12H2,1-2H3,(H,18,22). The summed E-state index contributed by atoms with van der Waals surface area (Å²) in [6.45, 7) is 4.17. The molecule has 0 aliphatic carbocycles. The van der Waals surface area contributed by atoms with E-state index in [9.17, 15) is 4.79 Å². The third-order valence-corrected chi connectivity index (χ3v) is 3.71. The van der Waals surface area contributed by atoms with Gasteiger partial charge in [-0.25, -0.2) is 4.79 Å². The van der Waals surface area contributed by atoms with Crippen LogP contribution in [0.25, 0.3) is 10.9 Å². The van der Waals surface area contributed by atoms with Gasteiger partial charge in [-0.2, -0.15) is 0 Å². The highest BCUT2D eigenvalue weighted by Crippen LogP contribution is 2.21. The Kier molecular flexibility index (Phi) is 6.43. The maximum Gasteiger partial charge on any atom is 0.322 e. The van der Waals surface area contributed by atoms with E-state index in [4.69, 9.17) is 9.84 Å². The fraction of sp³-hybridized carbons (Fsp3) is 0.471. The van der Waals surface area contributed by atoms with E-state index in [0.29, 0.717) is 13.2 Å². The Bertz CT molecular complexity index is 639. The molecule has 2 amide bonds. The van der Waals surface area contributed by atoms with Crippen LogP contribution in [-0.2, 0) is 11.3 Å². The summed E-state index contributed by atoms with van der Waals surface area (Å²) in [7, 11) is 1.59. The van der Waals surface area contributed by atoms with Crippen molar-refractivity contribution in [3.63, 3.8) is 0 Å². The Morgan fingerprint density at radius 3 is 2.87 bits per heavy atom. The largest absolute Gasteiger partial charge is 0.395 e. The molecular formula is C17H25N3O3. The summed E-state index contributed by atoms with van der Waals surface area (Å²) in [5, 5.41) is 13.1. The van der Waals surface area contributed by atoms with Crippen molar-refractivity contribution in [1.29, 1.82) is 0 Å². The number of methoxy groups -OCH3 is 1. The van der Waals surface area contributed by atoms with Gasteiger partial charge in [0.2, 0.25) is 0 Å². The quantitative estimate of drug-likeness (QED) is 0.786. The molecule has 23 heavy (non-hydrogen) atoms. The summed E-state index contributed by atoms with van der Waals surface area (Å²) >= 11 is 0. The number of amides is 2. The van der Waals surface area contributed by atoms with Crippen molar-refractivity contribution in [1.82, 2.24) is 9.47 Å². The van der Waals surface area contributed by atoms with E-state index in [2.05, 4.69) is 29.1 Å². The zero-order valence-corrected chi connectivity index (χ0v) is 13.8. The number of hydrogen-bond acceptors (Lipinski definition) is 3. The molecule has 0 unspecified atom stereocenters. The van der Waals surface area contributed by atoms with E-state index in [0.717, 1.165) is 29.6 Å². The Labute approximate surface area is 136 Å². The predicted molar refractivity (Wildman–Crippen MR) is 91.8 cm³/mol. The lowest BCUT2D eigenvalue weighted by Crippen LogP contribution is -2.39. The fourth-order valence-electron chi connectivity index (χ4n) is 2.54. The van der Waals surface area contributed by atoms with E-state index in [1.165, 1.54) is 0 Å². The van der Waals surface area contributed by atoms with Gasteiger partial charge < -0.3 is 24.6 Å². The number of fused-ring (bicyclic) bond motifs is 1. The molecule has 0 spiro atoms. The Balaban J connectivity index is 2.12. The highest BCUT2D eigenvalue weighted by Gasteiger charge is 2.13. The first-order valence-corrected chi connectivity index (χ1v) is 7.94. The molecule has 6 nitrogen and oxygen atoms in total. The maximum absolute atomic E-state index is 12.3. The van der Waals surface area contributed by atoms with E-state index in [1.54, 1.807) is 12.0 Å². The van der Waals surface area contributed by atoms with Gasteiger partial charge in [0.1, 0.15) is 0 Å². The number of aromatic nitrogens is 1. The van der Waals surface area contributed by atoms with E-state index in [-0.39, 0.29) is 19.2 Å². The highest BCUT2D eigenvalue weighted by molar-refractivity contribution is 5.92. The summed E-state index contributed by atoms with van der Waals surface area (Å²) in [4.78, 5) is 13.9. The Morgan fingerprint density at radius 2 is 2.17 bits per heavy atom. The monoisotopic (exact) mass is 319 g/mol. The number of benzene rings is 1. The van der Waals surface area contributed by atoms with Crippen molar-refractivity contribution < 1.29 is 14.6 Å².